The van der Waals surface area contributed by atoms with Crippen molar-refractivity contribution in [3.8, 4) is 0 Å². The highest BCUT2D eigenvalue weighted by molar-refractivity contribution is 7.45. The van der Waals surface area contributed by atoms with E-state index in [4.69, 9.17) is 57.7 Å². The smallest absolute Gasteiger partial charge is 0.303 e. The van der Waals surface area contributed by atoms with Gasteiger partial charge in [-0.3, -0.25) is 0 Å². The molecule has 0 aliphatic rings. The van der Waals surface area contributed by atoms with Crippen LogP contribution in [0.3, 0.4) is 0 Å². The molecular weight excluding hydrogens is 429 g/mol. The quantitative estimate of drug-likeness (QED) is 0.251. The van der Waals surface area contributed by atoms with E-state index in [2.05, 4.69) is 0 Å². The second kappa shape index (κ2) is 16.9. The molecule has 0 bridgehead atoms. The maximum absolute atomic E-state index is 8.88. The Morgan fingerprint density at radius 3 is 0.370 bits per heavy atom. The lowest BCUT2D eigenvalue weighted by molar-refractivity contribution is 0.272. The van der Waals surface area contributed by atoms with Crippen LogP contribution in [0.15, 0.2) is 72.8 Å². The molecule has 0 saturated heterocycles. The van der Waals surface area contributed by atoms with Crippen LogP contribution in [0.5, 0.6) is 0 Å². The van der Waals surface area contributed by atoms with Gasteiger partial charge in [0.15, 0.2) is 0 Å². The summed E-state index contributed by atoms with van der Waals surface area (Å²) in [4.78, 5) is 64.7. The minimum atomic E-state index is -4.64. The molecular formula is C12H21O12P3. The van der Waals surface area contributed by atoms with E-state index in [9.17, 15) is 0 Å². The Hall–Kier alpha value is -1.23. The highest BCUT2D eigenvalue weighted by Crippen LogP contribution is 2.26. The molecule has 0 fully saturated rings. The molecule has 156 valence electrons. The summed E-state index contributed by atoms with van der Waals surface area (Å²) in [5.41, 5.74) is 0. The zero-order valence-electron chi connectivity index (χ0n) is 13.5. The van der Waals surface area contributed by atoms with Crippen LogP contribution in [0.1, 0.15) is 0 Å². The van der Waals surface area contributed by atoms with Crippen LogP contribution in [0, 0.1) is 0 Å². The van der Waals surface area contributed by atoms with Crippen LogP contribution < -0.4 is 0 Å². The largest absolute Gasteiger partial charge is 0.466 e. The highest BCUT2D eigenvalue weighted by Gasteiger charge is 2.01. The zero-order valence-corrected chi connectivity index (χ0v) is 16.2. The van der Waals surface area contributed by atoms with E-state index in [0.717, 1.165) is 0 Å². The van der Waals surface area contributed by atoms with Gasteiger partial charge in [0.25, 0.3) is 0 Å². The maximum atomic E-state index is 8.88. The predicted octanol–water partition coefficient (Wildman–Crippen LogP) is 0.587. The molecule has 27 heavy (non-hydrogen) atoms. The minimum Gasteiger partial charge on any atom is -0.303 e. The molecule has 15 heteroatoms. The summed E-state index contributed by atoms with van der Waals surface area (Å²) in [5, 5.41) is 0. The molecule has 9 N–H and O–H groups in total. The van der Waals surface area contributed by atoms with Gasteiger partial charge < -0.3 is 44.0 Å². The van der Waals surface area contributed by atoms with Crippen molar-refractivity contribution in [1.82, 2.24) is 0 Å². The SMILES string of the molecule is O=P(O)(O)O.O=P(O)(O)O.O=P(O)(O)O.c1ccccc1.c1ccccc1. The third kappa shape index (κ3) is 111. The number of rotatable bonds is 0. The fourth-order valence-electron chi connectivity index (χ4n) is 0.770. The summed E-state index contributed by atoms with van der Waals surface area (Å²) < 4.78 is 26.6. The van der Waals surface area contributed by atoms with Crippen molar-refractivity contribution in [2.45, 2.75) is 0 Å². The lowest BCUT2D eigenvalue weighted by Gasteiger charge is -1.82. The van der Waals surface area contributed by atoms with Crippen LogP contribution in [0.2, 0.25) is 0 Å². The normalized spacial score (nSPS) is 10.1. The lowest BCUT2D eigenvalue weighted by Crippen LogP contribution is -1.66. The van der Waals surface area contributed by atoms with Crippen LogP contribution in [0.25, 0.3) is 0 Å². The minimum absolute atomic E-state index is 2.00. The molecule has 0 spiro atoms. The third-order valence-corrected chi connectivity index (χ3v) is 1.33. The van der Waals surface area contributed by atoms with Gasteiger partial charge in [0.1, 0.15) is 0 Å². The standard InChI is InChI=1S/2C6H6.3H3O4P/c2*1-2-4-6-5-3-1;3*1-5(2,3)4/h2*1-6H;3*(H3,1,2,3,4). The van der Waals surface area contributed by atoms with Crippen LogP contribution in [-0.4, -0.2) is 44.0 Å². The molecule has 2 aromatic carbocycles. The molecule has 0 radical (unpaired) electrons. The average Bonchev–Trinajstić information content (AvgIpc) is 2.46. The number of hydrogen-bond acceptors (Lipinski definition) is 3. The van der Waals surface area contributed by atoms with Crippen LogP contribution in [0.4, 0.5) is 0 Å². The molecule has 12 nitrogen and oxygen atoms in total. The van der Waals surface area contributed by atoms with Crippen molar-refractivity contribution >= 4 is 23.5 Å². The first-order valence-corrected chi connectivity index (χ1v) is 11.0. The molecule has 2 aromatic rings. The van der Waals surface area contributed by atoms with Crippen LogP contribution >= 0.6 is 23.5 Å². The summed E-state index contributed by atoms with van der Waals surface area (Å²) >= 11 is 0. The van der Waals surface area contributed by atoms with Crippen molar-refractivity contribution in [3.05, 3.63) is 72.8 Å². The lowest BCUT2D eigenvalue weighted by atomic mass is 10.4. The fourth-order valence-corrected chi connectivity index (χ4v) is 0.770. The zero-order chi connectivity index (χ0) is 22.0. The van der Waals surface area contributed by atoms with E-state index in [0.29, 0.717) is 0 Å². The van der Waals surface area contributed by atoms with Crippen molar-refractivity contribution in [2.75, 3.05) is 0 Å². The molecule has 0 amide bonds. The third-order valence-electron chi connectivity index (χ3n) is 1.33. The van der Waals surface area contributed by atoms with Crippen molar-refractivity contribution in [1.29, 1.82) is 0 Å². The molecule has 0 atom stereocenters. The van der Waals surface area contributed by atoms with Gasteiger partial charge >= 0.3 is 23.5 Å². The van der Waals surface area contributed by atoms with Gasteiger partial charge in [-0.25, -0.2) is 13.7 Å². The average molecular weight is 450 g/mol. The summed E-state index contributed by atoms with van der Waals surface area (Å²) in [5.74, 6) is 0. The summed E-state index contributed by atoms with van der Waals surface area (Å²) in [7, 11) is -13.9. The van der Waals surface area contributed by atoms with E-state index in [1.807, 2.05) is 72.8 Å². The summed E-state index contributed by atoms with van der Waals surface area (Å²) in [6.45, 7) is 0. The number of benzene rings is 2. The van der Waals surface area contributed by atoms with Crippen molar-refractivity contribution in [2.24, 2.45) is 0 Å². The Morgan fingerprint density at radius 2 is 0.333 bits per heavy atom. The topological polar surface area (TPSA) is 233 Å². The van der Waals surface area contributed by atoms with Gasteiger partial charge in [0.2, 0.25) is 0 Å². The second-order valence-corrected chi connectivity index (χ2v) is 6.93. The molecule has 0 aromatic heterocycles. The Balaban J connectivity index is -0.000000268. The van der Waals surface area contributed by atoms with E-state index in [1.165, 1.54) is 0 Å². The molecule has 0 unspecified atom stereocenters. The first-order valence-electron chi connectivity index (χ1n) is 6.35. The van der Waals surface area contributed by atoms with Gasteiger partial charge in [-0.05, 0) is 0 Å². The van der Waals surface area contributed by atoms with E-state index in [1.54, 1.807) is 0 Å². The van der Waals surface area contributed by atoms with Gasteiger partial charge in [-0.15, -0.1) is 0 Å². The van der Waals surface area contributed by atoms with Gasteiger partial charge in [0.05, 0.1) is 0 Å². The Labute approximate surface area is 154 Å². The van der Waals surface area contributed by atoms with E-state index < -0.39 is 23.5 Å². The molecule has 2 rings (SSSR count). The number of phosphoric acid groups is 3. The Morgan fingerprint density at radius 1 is 0.296 bits per heavy atom. The molecule has 0 aliphatic heterocycles. The van der Waals surface area contributed by atoms with E-state index in [-0.39, 0.29) is 0 Å². The van der Waals surface area contributed by atoms with Crippen LogP contribution in [-0.2, 0) is 13.7 Å². The Bertz CT molecular complexity index is 522. The van der Waals surface area contributed by atoms with Gasteiger partial charge in [-0.2, -0.15) is 0 Å². The van der Waals surface area contributed by atoms with E-state index >= 15 is 0 Å². The Kier molecular flexibility index (Phi) is 19.1. The monoisotopic (exact) mass is 450 g/mol. The van der Waals surface area contributed by atoms with Gasteiger partial charge in [0, 0.05) is 0 Å². The maximum Gasteiger partial charge on any atom is 0.466 e. The predicted molar refractivity (Wildman–Crippen MR) is 95.7 cm³/mol. The number of hydrogen-bond donors (Lipinski definition) is 9. The first kappa shape index (κ1) is 30.5. The van der Waals surface area contributed by atoms with Gasteiger partial charge in [-0.1, -0.05) is 72.8 Å². The highest BCUT2D eigenvalue weighted by atomic mass is 31.2. The summed E-state index contributed by atoms with van der Waals surface area (Å²) in [6.07, 6.45) is 0. The first-order chi connectivity index (χ1) is 12.0. The second-order valence-electron chi connectivity index (χ2n) is 3.85. The summed E-state index contributed by atoms with van der Waals surface area (Å²) in [6, 6.07) is 24.0. The van der Waals surface area contributed by atoms with Crippen molar-refractivity contribution in [3.63, 3.8) is 0 Å². The fraction of sp³-hybridized carbons (Fsp3) is 0. The van der Waals surface area contributed by atoms with Crippen molar-refractivity contribution < 1.29 is 57.7 Å². The molecule has 0 aliphatic carbocycles. The molecule has 0 heterocycles. The molecule has 0 saturated carbocycles.